The number of rotatable bonds is 0. The Kier molecular flexibility index (Phi) is 0.860. The molecular formula is C3HN3O2. The van der Waals surface area contributed by atoms with Crippen molar-refractivity contribution in [1.29, 1.82) is 5.26 Å². The summed E-state index contributed by atoms with van der Waals surface area (Å²) in [5, 5.41) is 21.1. The van der Waals surface area contributed by atoms with E-state index in [9.17, 15) is 5.21 Å². The Hall–Kier alpha value is -1.57. The molecule has 0 aliphatic rings. The molecule has 0 radical (unpaired) electrons. The Morgan fingerprint density at radius 1 is 2.00 bits per heavy atom. The third-order valence-electron chi connectivity index (χ3n) is 0.562. The third kappa shape index (κ3) is 0.586. The van der Waals surface area contributed by atoms with Crippen LogP contribution in [0.25, 0.3) is 0 Å². The zero-order chi connectivity index (χ0) is 5.98. The second-order valence-electron chi connectivity index (χ2n) is 1.08. The van der Waals surface area contributed by atoms with Crippen LogP contribution in [0.5, 0.6) is 0 Å². The van der Waals surface area contributed by atoms with Gasteiger partial charge in [-0.05, 0) is 4.90 Å². The Morgan fingerprint density at radius 2 is 2.75 bits per heavy atom. The summed E-state index contributed by atoms with van der Waals surface area (Å²) >= 11 is 0. The maximum Gasteiger partial charge on any atom is 0.317 e. The van der Waals surface area contributed by atoms with Gasteiger partial charge < -0.3 is 5.21 Å². The first-order valence-corrected chi connectivity index (χ1v) is 1.79. The van der Waals surface area contributed by atoms with Crippen molar-refractivity contribution in [3.05, 3.63) is 17.1 Å². The molecule has 0 amide bonds. The average Bonchev–Trinajstić information content (AvgIpc) is 2.14. The zero-order valence-corrected chi connectivity index (χ0v) is 3.74. The molecule has 0 fully saturated rings. The molecule has 0 unspecified atom stereocenters. The van der Waals surface area contributed by atoms with Gasteiger partial charge in [-0.25, -0.2) is 0 Å². The van der Waals surface area contributed by atoms with E-state index in [0.29, 0.717) is 0 Å². The summed E-state index contributed by atoms with van der Waals surface area (Å²) in [7, 11) is 0. The fourth-order valence-corrected chi connectivity index (χ4v) is 0.280. The van der Waals surface area contributed by atoms with Crippen LogP contribution in [0.3, 0.4) is 0 Å². The highest BCUT2D eigenvalue weighted by molar-refractivity contribution is 5.09. The molecule has 0 saturated heterocycles. The Bertz CT molecular complexity index is 223. The van der Waals surface area contributed by atoms with Crippen molar-refractivity contribution in [2.45, 2.75) is 0 Å². The van der Waals surface area contributed by atoms with Crippen LogP contribution in [-0.2, 0) is 0 Å². The molecular weight excluding hydrogens is 110 g/mol. The molecule has 1 aromatic heterocycles. The van der Waals surface area contributed by atoms with Gasteiger partial charge in [0.25, 0.3) is 0 Å². The summed E-state index contributed by atoms with van der Waals surface area (Å²) in [4.78, 5) is 0.110. The number of hydrogen-bond acceptors (Lipinski definition) is 4. The van der Waals surface area contributed by atoms with Gasteiger partial charge in [0.1, 0.15) is 0 Å². The van der Waals surface area contributed by atoms with Gasteiger partial charge in [-0.3, -0.25) is 4.63 Å². The van der Waals surface area contributed by atoms with Crippen LogP contribution in [0, 0.1) is 16.5 Å². The third-order valence-corrected chi connectivity index (χ3v) is 0.562. The molecule has 5 heteroatoms. The smallest absolute Gasteiger partial charge is 0.317 e. The molecule has 5 nitrogen and oxygen atoms in total. The minimum absolute atomic E-state index is 0.0139. The topological polar surface area (TPSA) is 76.8 Å². The normalized spacial score (nSPS) is 8.38. The minimum Gasteiger partial charge on any atom is -0.360 e. The average molecular weight is 111 g/mol. The highest BCUT2D eigenvalue weighted by atomic mass is 16.8. The predicted octanol–water partition coefficient (Wildman–Crippen LogP) is -0.820. The molecule has 0 atom stereocenters. The Morgan fingerprint density at radius 3 is 3.00 bits per heavy atom. The van der Waals surface area contributed by atoms with E-state index in [1.807, 2.05) is 0 Å². The molecule has 0 spiro atoms. The Balaban J connectivity index is 3.05. The van der Waals surface area contributed by atoms with Gasteiger partial charge in [0.2, 0.25) is 6.20 Å². The first-order valence-electron chi connectivity index (χ1n) is 1.79. The van der Waals surface area contributed by atoms with Gasteiger partial charge in [0, 0.05) is 0 Å². The molecule has 0 aromatic carbocycles. The molecule has 1 rings (SSSR count). The van der Waals surface area contributed by atoms with E-state index in [1.54, 1.807) is 6.07 Å². The minimum atomic E-state index is -0.0139. The van der Waals surface area contributed by atoms with Crippen LogP contribution in [0.2, 0.25) is 0 Å². The standard InChI is InChI=1S/C3HN3O2/c4-1-3-2-6(7)8-5-3/h2H. The van der Waals surface area contributed by atoms with Gasteiger partial charge in [-0.1, -0.05) is 0 Å². The molecule has 0 N–H and O–H groups in total. The largest absolute Gasteiger partial charge is 0.360 e. The predicted molar refractivity (Wildman–Crippen MR) is 20.2 cm³/mol. The van der Waals surface area contributed by atoms with Crippen LogP contribution in [0.1, 0.15) is 5.69 Å². The lowest BCUT2D eigenvalue weighted by atomic mass is 10.6. The second kappa shape index (κ2) is 1.50. The van der Waals surface area contributed by atoms with Crippen molar-refractivity contribution in [3.8, 4) is 6.07 Å². The quantitative estimate of drug-likeness (QED) is 0.410. The number of hydrogen-bond donors (Lipinski definition) is 0. The number of aromatic nitrogens is 2. The fraction of sp³-hybridized carbons (Fsp3) is 0. The lowest BCUT2D eigenvalue weighted by molar-refractivity contribution is -0.802. The number of nitrogens with zero attached hydrogens (tertiary/aromatic N) is 3. The first kappa shape index (κ1) is 4.59. The second-order valence-corrected chi connectivity index (χ2v) is 1.08. The van der Waals surface area contributed by atoms with Crippen molar-refractivity contribution in [2.24, 2.45) is 0 Å². The van der Waals surface area contributed by atoms with E-state index in [1.165, 1.54) is 0 Å². The number of nitriles is 1. The van der Waals surface area contributed by atoms with Crippen molar-refractivity contribution >= 4 is 0 Å². The monoisotopic (exact) mass is 111 g/mol. The van der Waals surface area contributed by atoms with Gasteiger partial charge in [0.15, 0.2) is 6.07 Å². The summed E-state index contributed by atoms with van der Waals surface area (Å²) in [6, 6.07) is 1.62. The summed E-state index contributed by atoms with van der Waals surface area (Å²) in [6.07, 6.45) is 0.944. The van der Waals surface area contributed by atoms with Crippen LogP contribution in [0.15, 0.2) is 10.8 Å². The summed E-state index contributed by atoms with van der Waals surface area (Å²) in [6.45, 7) is 0. The lowest BCUT2D eigenvalue weighted by Gasteiger charge is -1.73. The van der Waals surface area contributed by atoms with Crippen LogP contribution >= 0.6 is 0 Å². The van der Waals surface area contributed by atoms with E-state index in [2.05, 4.69) is 9.79 Å². The van der Waals surface area contributed by atoms with Crippen LogP contribution in [0.4, 0.5) is 0 Å². The highest BCUT2D eigenvalue weighted by Gasteiger charge is 2.00. The maximum absolute atomic E-state index is 9.99. The van der Waals surface area contributed by atoms with E-state index in [4.69, 9.17) is 5.26 Å². The Labute approximate surface area is 44.3 Å². The van der Waals surface area contributed by atoms with Crippen molar-refractivity contribution in [1.82, 2.24) is 5.16 Å². The zero-order valence-electron chi connectivity index (χ0n) is 3.74. The highest BCUT2D eigenvalue weighted by Crippen LogP contribution is 1.80. The maximum atomic E-state index is 9.99. The molecule has 8 heavy (non-hydrogen) atoms. The molecule has 0 bridgehead atoms. The van der Waals surface area contributed by atoms with E-state index in [-0.39, 0.29) is 10.6 Å². The van der Waals surface area contributed by atoms with E-state index < -0.39 is 0 Å². The summed E-state index contributed by atoms with van der Waals surface area (Å²) in [5.41, 5.74) is -0.0139. The molecule has 0 aliphatic heterocycles. The molecule has 1 aromatic rings. The summed E-state index contributed by atoms with van der Waals surface area (Å²) < 4.78 is 3.94. The van der Waals surface area contributed by atoms with Gasteiger partial charge in [-0.15, -0.1) is 0 Å². The van der Waals surface area contributed by atoms with Crippen LogP contribution < -0.4 is 4.90 Å². The SMILES string of the molecule is N#Cc1c[n+]([O-])on1. The van der Waals surface area contributed by atoms with Gasteiger partial charge in [-0.2, -0.15) is 5.26 Å². The first-order chi connectivity index (χ1) is 3.83. The lowest BCUT2D eigenvalue weighted by Crippen LogP contribution is -2.20. The van der Waals surface area contributed by atoms with Gasteiger partial charge >= 0.3 is 5.69 Å². The molecule has 1 heterocycles. The van der Waals surface area contributed by atoms with Crippen molar-refractivity contribution in [2.75, 3.05) is 0 Å². The molecule has 0 aliphatic carbocycles. The van der Waals surface area contributed by atoms with E-state index >= 15 is 0 Å². The molecule has 0 saturated carbocycles. The van der Waals surface area contributed by atoms with Crippen LogP contribution in [-0.4, -0.2) is 5.16 Å². The van der Waals surface area contributed by atoms with E-state index in [0.717, 1.165) is 6.20 Å². The molecule has 40 valence electrons. The van der Waals surface area contributed by atoms with Crippen molar-refractivity contribution < 1.29 is 9.53 Å². The fourth-order valence-electron chi connectivity index (χ4n) is 0.280. The van der Waals surface area contributed by atoms with Gasteiger partial charge in [0.05, 0.1) is 5.16 Å². The van der Waals surface area contributed by atoms with Crippen molar-refractivity contribution in [3.63, 3.8) is 0 Å². The summed E-state index contributed by atoms with van der Waals surface area (Å²) in [5.74, 6) is 0.